The Morgan fingerprint density at radius 1 is 1.04 bits per heavy atom. The Bertz CT molecular complexity index is 926. The third kappa shape index (κ3) is 2.98. The van der Waals surface area contributed by atoms with Gasteiger partial charge in [0.1, 0.15) is 11.3 Å². The predicted octanol–water partition coefficient (Wildman–Crippen LogP) is 4.14. The maximum absolute atomic E-state index is 12.7. The first kappa shape index (κ1) is 15.7. The van der Waals surface area contributed by atoms with Gasteiger partial charge in [-0.05, 0) is 24.3 Å². The van der Waals surface area contributed by atoms with Crippen LogP contribution in [-0.2, 0) is 6.18 Å². The quantitative estimate of drug-likeness (QED) is 0.779. The van der Waals surface area contributed by atoms with E-state index in [0.717, 1.165) is 18.2 Å². The normalized spacial score (nSPS) is 11.5. The molecule has 0 radical (unpaired) electrons. The van der Waals surface area contributed by atoms with Gasteiger partial charge in [-0.2, -0.15) is 13.2 Å². The third-order valence-electron chi connectivity index (χ3n) is 3.23. The molecular formula is C16H9F3N2O3. The summed E-state index contributed by atoms with van der Waals surface area (Å²) in [6.45, 7) is 0. The van der Waals surface area contributed by atoms with Crippen LogP contribution in [0.2, 0.25) is 0 Å². The highest BCUT2D eigenvalue weighted by Gasteiger charge is 2.31. The molecule has 0 aliphatic carbocycles. The molecule has 1 aromatic heterocycles. The molecule has 0 amide bonds. The van der Waals surface area contributed by atoms with Crippen LogP contribution in [0.4, 0.5) is 13.2 Å². The molecule has 0 fully saturated rings. The first-order valence-electron chi connectivity index (χ1n) is 6.70. The second kappa shape index (κ2) is 5.80. The zero-order chi connectivity index (χ0) is 17.3. The molecule has 8 heteroatoms. The fraction of sp³-hybridized carbons (Fsp3) is 0.0625. The van der Waals surface area contributed by atoms with E-state index in [-0.39, 0.29) is 22.6 Å². The summed E-state index contributed by atoms with van der Waals surface area (Å²) in [6.07, 6.45) is -4.54. The van der Waals surface area contributed by atoms with Gasteiger partial charge in [0.2, 0.25) is 0 Å². The van der Waals surface area contributed by atoms with Crippen LogP contribution in [0.1, 0.15) is 15.9 Å². The van der Waals surface area contributed by atoms with Crippen LogP contribution in [0.5, 0.6) is 11.6 Å². The van der Waals surface area contributed by atoms with Gasteiger partial charge in [0.25, 0.3) is 5.88 Å². The average molecular weight is 334 g/mol. The summed E-state index contributed by atoms with van der Waals surface area (Å²) >= 11 is 0. The summed E-state index contributed by atoms with van der Waals surface area (Å²) in [6, 6.07) is 10.5. The molecule has 0 unspecified atom stereocenters. The van der Waals surface area contributed by atoms with Crippen LogP contribution in [0.25, 0.3) is 10.9 Å². The Kier molecular flexibility index (Phi) is 3.80. The molecular weight excluding hydrogens is 325 g/mol. The first-order chi connectivity index (χ1) is 11.4. The second-order valence-corrected chi connectivity index (χ2v) is 4.83. The van der Waals surface area contributed by atoms with Gasteiger partial charge in [0.05, 0.1) is 11.1 Å². The molecule has 0 aliphatic heterocycles. The molecule has 0 spiro atoms. The zero-order valence-corrected chi connectivity index (χ0v) is 11.9. The van der Waals surface area contributed by atoms with Crippen LogP contribution in [0, 0.1) is 0 Å². The standard InChI is InChI=1S/C16H9F3N2O3/c17-16(18,19)9-4-3-5-10(8-9)24-14-13(15(22)23)11-6-1-2-7-12(11)20-21-14/h1-8H,(H,22,23). The molecule has 0 atom stereocenters. The number of alkyl halides is 3. The summed E-state index contributed by atoms with van der Waals surface area (Å²) in [5.74, 6) is -1.87. The highest BCUT2D eigenvalue weighted by atomic mass is 19.4. The molecule has 1 heterocycles. The van der Waals surface area contributed by atoms with E-state index in [0.29, 0.717) is 5.52 Å². The molecule has 3 aromatic rings. The monoisotopic (exact) mass is 334 g/mol. The molecule has 0 bridgehead atoms. The van der Waals surface area contributed by atoms with E-state index in [4.69, 9.17) is 4.74 Å². The second-order valence-electron chi connectivity index (χ2n) is 4.83. The molecule has 3 rings (SSSR count). The minimum Gasteiger partial charge on any atom is -0.477 e. The van der Waals surface area contributed by atoms with Crippen molar-refractivity contribution in [3.8, 4) is 11.6 Å². The lowest BCUT2D eigenvalue weighted by Gasteiger charge is -2.11. The number of rotatable bonds is 3. The number of aromatic carboxylic acids is 1. The van der Waals surface area contributed by atoms with Crippen LogP contribution in [0.3, 0.4) is 0 Å². The lowest BCUT2D eigenvalue weighted by molar-refractivity contribution is -0.137. The van der Waals surface area contributed by atoms with E-state index >= 15 is 0 Å². The number of benzene rings is 2. The van der Waals surface area contributed by atoms with E-state index in [1.807, 2.05) is 0 Å². The van der Waals surface area contributed by atoms with Gasteiger partial charge in [0, 0.05) is 5.39 Å². The summed E-state index contributed by atoms with van der Waals surface area (Å²) < 4.78 is 43.5. The predicted molar refractivity (Wildman–Crippen MR) is 78.0 cm³/mol. The van der Waals surface area contributed by atoms with Gasteiger partial charge in [0.15, 0.2) is 0 Å². The van der Waals surface area contributed by atoms with E-state index in [1.54, 1.807) is 18.2 Å². The Hall–Kier alpha value is -3.16. The van der Waals surface area contributed by atoms with Gasteiger partial charge in [-0.3, -0.25) is 0 Å². The Labute approximate surface area is 133 Å². The summed E-state index contributed by atoms with van der Waals surface area (Å²) in [5, 5.41) is 17.2. The lowest BCUT2D eigenvalue weighted by atomic mass is 10.1. The molecule has 0 saturated heterocycles. The fourth-order valence-electron chi connectivity index (χ4n) is 2.16. The summed E-state index contributed by atoms with van der Waals surface area (Å²) in [4.78, 5) is 11.5. The molecule has 0 aliphatic rings. The number of carboxylic acid groups (broad SMARTS) is 1. The van der Waals surface area contributed by atoms with Crippen molar-refractivity contribution in [3.05, 3.63) is 59.7 Å². The minimum atomic E-state index is -4.54. The zero-order valence-electron chi connectivity index (χ0n) is 11.9. The highest BCUT2D eigenvalue weighted by molar-refractivity contribution is 6.04. The number of carboxylic acids is 1. The number of fused-ring (bicyclic) bond motifs is 1. The minimum absolute atomic E-state index is 0.183. The number of hydrogen-bond acceptors (Lipinski definition) is 4. The third-order valence-corrected chi connectivity index (χ3v) is 3.23. The number of aromatic nitrogens is 2. The van der Waals surface area contributed by atoms with Crippen LogP contribution >= 0.6 is 0 Å². The number of hydrogen-bond donors (Lipinski definition) is 1. The summed E-state index contributed by atoms with van der Waals surface area (Å²) in [7, 11) is 0. The SMILES string of the molecule is O=C(O)c1c(Oc2cccc(C(F)(F)F)c2)nnc2ccccc12. The molecule has 0 saturated carbocycles. The maximum Gasteiger partial charge on any atom is 0.416 e. The molecule has 2 aromatic carbocycles. The van der Waals surface area contributed by atoms with E-state index < -0.39 is 17.7 Å². The van der Waals surface area contributed by atoms with Gasteiger partial charge >= 0.3 is 12.1 Å². The van der Waals surface area contributed by atoms with Gasteiger partial charge in [-0.15, -0.1) is 10.2 Å². The number of halogens is 3. The van der Waals surface area contributed by atoms with Gasteiger partial charge in [-0.1, -0.05) is 24.3 Å². The van der Waals surface area contributed by atoms with E-state index in [9.17, 15) is 23.1 Å². The van der Waals surface area contributed by atoms with Gasteiger partial charge in [-0.25, -0.2) is 4.79 Å². The van der Waals surface area contributed by atoms with Crippen molar-refractivity contribution in [2.75, 3.05) is 0 Å². The Balaban J connectivity index is 2.08. The number of ether oxygens (including phenoxy) is 1. The Morgan fingerprint density at radius 2 is 1.79 bits per heavy atom. The Morgan fingerprint density at radius 3 is 2.50 bits per heavy atom. The maximum atomic E-state index is 12.7. The average Bonchev–Trinajstić information content (AvgIpc) is 2.53. The lowest BCUT2D eigenvalue weighted by Crippen LogP contribution is -2.07. The van der Waals surface area contributed by atoms with Crippen molar-refractivity contribution in [3.63, 3.8) is 0 Å². The van der Waals surface area contributed by atoms with Crippen LogP contribution in [-0.4, -0.2) is 21.3 Å². The topological polar surface area (TPSA) is 72.3 Å². The number of nitrogens with zero attached hydrogens (tertiary/aromatic N) is 2. The molecule has 5 nitrogen and oxygen atoms in total. The van der Waals surface area contributed by atoms with E-state index in [2.05, 4.69) is 10.2 Å². The molecule has 122 valence electrons. The first-order valence-corrected chi connectivity index (χ1v) is 6.70. The molecule has 24 heavy (non-hydrogen) atoms. The van der Waals surface area contributed by atoms with Crippen molar-refractivity contribution >= 4 is 16.9 Å². The van der Waals surface area contributed by atoms with Crippen LogP contribution in [0.15, 0.2) is 48.5 Å². The fourth-order valence-corrected chi connectivity index (χ4v) is 2.16. The van der Waals surface area contributed by atoms with Crippen LogP contribution < -0.4 is 4.74 Å². The van der Waals surface area contributed by atoms with Gasteiger partial charge < -0.3 is 9.84 Å². The van der Waals surface area contributed by atoms with Crippen molar-refractivity contribution in [1.82, 2.24) is 10.2 Å². The van der Waals surface area contributed by atoms with Crippen molar-refractivity contribution in [2.45, 2.75) is 6.18 Å². The highest BCUT2D eigenvalue weighted by Crippen LogP contribution is 2.33. The largest absolute Gasteiger partial charge is 0.477 e. The van der Waals surface area contributed by atoms with Crippen molar-refractivity contribution < 1.29 is 27.8 Å². The molecule has 1 N–H and O–H groups in total. The summed E-state index contributed by atoms with van der Waals surface area (Å²) in [5.41, 5.74) is -0.838. The van der Waals surface area contributed by atoms with Crippen molar-refractivity contribution in [1.29, 1.82) is 0 Å². The van der Waals surface area contributed by atoms with E-state index in [1.165, 1.54) is 12.1 Å². The van der Waals surface area contributed by atoms with Crippen molar-refractivity contribution in [2.24, 2.45) is 0 Å². The smallest absolute Gasteiger partial charge is 0.416 e. The number of carbonyl (C=O) groups is 1.